The van der Waals surface area contributed by atoms with Crippen molar-refractivity contribution in [1.29, 1.82) is 0 Å². The van der Waals surface area contributed by atoms with E-state index in [9.17, 15) is 4.79 Å². The largest absolute Gasteiger partial charge is 0.375 e. The lowest BCUT2D eigenvalue weighted by molar-refractivity contribution is -0.137. The van der Waals surface area contributed by atoms with Crippen LogP contribution in [0.25, 0.3) is 0 Å². The van der Waals surface area contributed by atoms with Crippen molar-refractivity contribution >= 4 is 5.91 Å². The Hall–Kier alpha value is -0.830. The summed E-state index contributed by atoms with van der Waals surface area (Å²) in [5, 5.41) is 0. The fourth-order valence-electron chi connectivity index (χ4n) is 2.31. The third-order valence-corrected chi connectivity index (χ3v) is 2.87. The predicted octanol–water partition coefficient (Wildman–Crippen LogP) is 0.952. The van der Waals surface area contributed by atoms with E-state index in [1.165, 1.54) is 0 Å². The molecule has 1 saturated heterocycles. The molecule has 2 bridgehead atoms. The number of ether oxygens (including phenoxy) is 1. The van der Waals surface area contributed by atoms with Gasteiger partial charge in [0.15, 0.2) is 0 Å². The zero-order valence-corrected chi connectivity index (χ0v) is 7.90. The van der Waals surface area contributed by atoms with Crippen LogP contribution in [-0.4, -0.2) is 36.6 Å². The monoisotopic (exact) mass is 181 g/mol. The van der Waals surface area contributed by atoms with Crippen molar-refractivity contribution in [3.8, 4) is 0 Å². The van der Waals surface area contributed by atoms with Crippen molar-refractivity contribution < 1.29 is 9.53 Å². The van der Waals surface area contributed by atoms with Crippen LogP contribution in [0.15, 0.2) is 12.2 Å². The summed E-state index contributed by atoms with van der Waals surface area (Å²) in [5.41, 5.74) is 0. The number of amides is 1. The van der Waals surface area contributed by atoms with E-state index in [-0.39, 0.29) is 12.5 Å². The molecule has 0 aliphatic carbocycles. The number of fused-ring (bicyclic) bond motifs is 2. The van der Waals surface area contributed by atoms with Crippen LogP contribution < -0.4 is 0 Å². The van der Waals surface area contributed by atoms with Crippen LogP contribution in [0.4, 0.5) is 0 Å². The third-order valence-electron chi connectivity index (χ3n) is 2.87. The maximum atomic E-state index is 11.6. The number of hydrogen-bond acceptors (Lipinski definition) is 2. The third kappa shape index (κ3) is 1.48. The molecule has 3 nitrogen and oxygen atoms in total. The van der Waals surface area contributed by atoms with Gasteiger partial charge >= 0.3 is 0 Å². The Bertz CT molecular complexity index is 237. The molecule has 2 atom stereocenters. The second-order valence-corrected chi connectivity index (χ2v) is 3.70. The first-order chi connectivity index (χ1) is 6.33. The van der Waals surface area contributed by atoms with Gasteiger partial charge in [0, 0.05) is 13.2 Å². The smallest absolute Gasteiger partial charge is 0.249 e. The Balaban J connectivity index is 2.07. The highest BCUT2D eigenvalue weighted by Crippen LogP contribution is 2.31. The summed E-state index contributed by atoms with van der Waals surface area (Å²) < 4.78 is 4.87. The lowest BCUT2D eigenvalue weighted by atomic mass is 10.1. The van der Waals surface area contributed by atoms with E-state index in [2.05, 4.69) is 12.2 Å². The van der Waals surface area contributed by atoms with Crippen molar-refractivity contribution in [3.63, 3.8) is 0 Å². The van der Waals surface area contributed by atoms with Gasteiger partial charge in [-0.15, -0.1) is 0 Å². The molecule has 0 radical (unpaired) electrons. The van der Waals surface area contributed by atoms with Gasteiger partial charge in [-0.2, -0.15) is 0 Å². The van der Waals surface area contributed by atoms with Crippen LogP contribution >= 0.6 is 0 Å². The minimum Gasteiger partial charge on any atom is -0.375 e. The van der Waals surface area contributed by atoms with E-state index in [0.29, 0.717) is 12.1 Å². The molecular formula is C10H15NO2. The number of carbonyl (C=O) groups excluding carboxylic acids is 1. The van der Waals surface area contributed by atoms with Crippen molar-refractivity contribution in [2.24, 2.45) is 0 Å². The Kier molecular flexibility index (Phi) is 2.36. The molecule has 1 amide bonds. The van der Waals surface area contributed by atoms with Crippen LogP contribution in [0.5, 0.6) is 0 Å². The van der Waals surface area contributed by atoms with Gasteiger partial charge in [-0.05, 0) is 19.3 Å². The van der Waals surface area contributed by atoms with Crippen LogP contribution in [0.2, 0.25) is 0 Å². The Labute approximate surface area is 78.4 Å². The summed E-state index contributed by atoms with van der Waals surface area (Å²) in [6, 6.07) is 0.791. The molecule has 2 heterocycles. The van der Waals surface area contributed by atoms with Gasteiger partial charge in [-0.1, -0.05) is 12.2 Å². The van der Waals surface area contributed by atoms with E-state index in [0.717, 1.165) is 19.3 Å². The average Bonchev–Trinajstić information content (AvgIpc) is 2.37. The summed E-state index contributed by atoms with van der Waals surface area (Å²) in [6.45, 7) is 0.223. The summed E-state index contributed by atoms with van der Waals surface area (Å²) >= 11 is 0. The van der Waals surface area contributed by atoms with Crippen molar-refractivity contribution in [1.82, 2.24) is 4.90 Å². The van der Waals surface area contributed by atoms with E-state index in [4.69, 9.17) is 4.74 Å². The molecule has 13 heavy (non-hydrogen) atoms. The average molecular weight is 181 g/mol. The fraction of sp³-hybridized carbons (Fsp3) is 0.700. The number of nitrogens with zero attached hydrogens (tertiary/aromatic N) is 1. The lowest BCUT2D eigenvalue weighted by Gasteiger charge is -2.31. The van der Waals surface area contributed by atoms with E-state index in [1.807, 2.05) is 4.90 Å². The standard InChI is InChI=1S/C10H15NO2/c1-13-7-10(12)11-8-3-2-4-9(11)6-5-8/h2-3,8-9H,4-7H2,1H3. The predicted molar refractivity (Wildman–Crippen MR) is 49.3 cm³/mol. The molecule has 0 aromatic rings. The highest BCUT2D eigenvalue weighted by Gasteiger charge is 2.36. The molecule has 2 aliphatic heterocycles. The van der Waals surface area contributed by atoms with Crippen LogP contribution in [-0.2, 0) is 9.53 Å². The molecule has 0 aromatic carbocycles. The highest BCUT2D eigenvalue weighted by molar-refractivity contribution is 5.79. The fourth-order valence-corrected chi connectivity index (χ4v) is 2.31. The van der Waals surface area contributed by atoms with Gasteiger partial charge in [0.05, 0.1) is 6.04 Å². The first kappa shape index (κ1) is 8.75. The highest BCUT2D eigenvalue weighted by atomic mass is 16.5. The van der Waals surface area contributed by atoms with Gasteiger partial charge in [-0.3, -0.25) is 4.79 Å². The summed E-state index contributed by atoms with van der Waals surface area (Å²) in [6.07, 6.45) is 7.63. The maximum absolute atomic E-state index is 11.6. The minimum atomic E-state index is 0.138. The second-order valence-electron chi connectivity index (χ2n) is 3.70. The molecule has 2 rings (SSSR count). The van der Waals surface area contributed by atoms with Crippen molar-refractivity contribution in [3.05, 3.63) is 12.2 Å². The number of hydrogen-bond donors (Lipinski definition) is 0. The van der Waals surface area contributed by atoms with E-state index < -0.39 is 0 Å². The molecule has 0 spiro atoms. The zero-order valence-electron chi connectivity index (χ0n) is 7.90. The summed E-state index contributed by atoms with van der Waals surface area (Å²) in [7, 11) is 1.57. The molecule has 0 aromatic heterocycles. The molecule has 0 N–H and O–H groups in total. The quantitative estimate of drug-likeness (QED) is 0.594. The summed E-state index contributed by atoms with van der Waals surface area (Å²) in [5.74, 6) is 0.138. The molecule has 1 fully saturated rings. The van der Waals surface area contributed by atoms with E-state index >= 15 is 0 Å². The van der Waals surface area contributed by atoms with Gasteiger partial charge in [0.25, 0.3) is 0 Å². The van der Waals surface area contributed by atoms with Gasteiger partial charge < -0.3 is 9.64 Å². The topological polar surface area (TPSA) is 29.5 Å². The lowest BCUT2D eigenvalue weighted by Crippen LogP contribution is -2.43. The van der Waals surface area contributed by atoms with Gasteiger partial charge in [0.2, 0.25) is 5.91 Å². The first-order valence-corrected chi connectivity index (χ1v) is 4.79. The molecule has 2 unspecified atom stereocenters. The minimum absolute atomic E-state index is 0.138. The molecule has 2 aliphatic rings. The van der Waals surface area contributed by atoms with Gasteiger partial charge in [0.1, 0.15) is 6.61 Å². The van der Waals surface area contributed by atoms with Crippen molar-refractivity contribution in [2.45, 2.75) is 31.3 Å². The number of rotatable bonds is 2. The molecular weight excluding hydrogens is 166 g/mol. The van der Waals surface area contributed by atoms with Crippen LogP contribution in [0.3, 0.4) is 0 Å². The molecule has 72 valence electrons. The van der Waals surface area contributed by atoms with Crippen LogP contribution in [0, 0.1) is 0 Å². The van der Waals surface area contributed by atoms with E-state index in [1.54, 1.807) is 7.11 Å². The molecule has 0 saturated carbocycles. The second kappa shape index (κ2) is 3.50. The number of carbonyl (C=O) groups is 1. The normalized spacial score (nSPS) is 31.0. The number of methoxy groups -OCH3 is 1. The SMILES string of the molecule is COCC(=O)N1C2C=CCC1CC2. The summed E-state index contributed by atoms with van der Waals surface area (Å²) in [4.78, 5) is 13.6. The van der Waals surface area contributed by atoms with Gasteiger partial charge in [-0.25, -0.2) is 0 Å². The van der Waals surface area contributed by atoms with Crippen LogP contribution in [0.1, 0.15) is 19.3 Å². The Morgan fingerprint density at radius 1 is 1.62 bits per heavy atom. The Morgan fingerprint density at radius 2 is 2.46 bits per heavy atom. The Morgan fingerprint density at radius 3 is 3.15 bits per heavy atom. The first-order valence-electron chi connectivity index (χ1n) is 4.79. The van der Waals surface area contributed by atoms with Crippen molar-refractivity contribution in [2.75, 3.05) is 13.7 Å². The molecule has 3 heteroatoms. The maximum Gasteiger partial charge on any atom is 0.249 e. The zero-order chi connectivity index (χ0) is 9.26.